The molecule has 6 aromatic rings. The molecule has 4 aromatic heterocycles. The van der Waals surface area contributed by atoms with Crippen molar-refractivity contribution in [2.45, 2.75) is 13.0 Å². The van der Waals surface area contributed by atoms with Crippen LogP contribution in [0.1, 0.15) is 29.0 Å². The molecule has 0 aliphatic carbocycles. The average Bonchev–Trinajstić information content (AvgIpc) is 3.50. The molecule has 11 heteroatoms. The minimum atomic E-state index is -0.593. The number of para-hydroxylation sites is 1. The van der Waals surface area contributed by atoms with Crippen molar-refractivity contribution in [2.24, 2.45) is 0 Å². The highest BCUT2D eigenvalue weighted by atomic mass is 32.1. The summed E-state index contributed by atoms with van der Waals surface area (Å²) in [6, 6.07) is 17.7. The lowest BCUT2D eigenvalue weighted by molar-refractivity contribution is 0.0941. The Morgan fingerprint density at radius 2 is 1.92 bits per heavy atom. The van der Waals surface area contributed by atoms with Gasteiger partial charge in [0, 0.05) is 35.5 Å². The Morgan fingerprint density at radius 3 is 2.68 bits per heavy atom. The number of aromatic amines is 1. The molecular formula is C27H21N7O3S. The van der Waals surface area contributed by atoms with Gasteiger partial charge in [-0.05, 0) is 36.6 Å². The monoisotopic (exact) mass is 523 g/mol. The number of H-pyrrole nitrogens is 1. The Morgan fingerprint density at radius 1 is 1.11 bits per heavy atom. The lowest BCUT2D eigenvalue weighted by Gasteiger charge is -2.21. The fraction of sp³-hybridized carbons (Fsp3) is 0.0741. The minimum Gasteiger partial charge on any atom is -0.381 e. The van der Waals surface area contributed by atoms with Crippen molar-refractivity contribution in [1.82, 2.24) is 29.5 Å². The molecule has 1 atom stereocenters. The first kappa shape index (κ1) is 23.4. The second-order valence-corrected chi connectivity index (χ2v) is 9.72. The van der Waals surface area contributed by atoms with Gasteiger partial charge in [-0.3, -0.25) is 19.0 Å². The van der Waals surface area contributed by atoms with Crippen LogP contribution in [0.15, 0.2) is 88.8 Å². The van der Waals surface area contributed by atoms with Gasteiger partial charge in [0.15, 0.2) is 11.5 Å². The van der Waals surface area contributed by atoms with Crippen LogP contribution in [0.3, 0.4) is 0 Å². The number of benzene rings is 2. The number of anilines is 1. The van der Waals surface area contributed by atoms with Gasteiger partial charge < -0.3 is 16.0 Å². The van der Waals surface area contributed by atoms with Gasteiger partial charge >= 0.3 is 4.87 Å². The number of nitrogens with two attached hydrogens (primary N) is 1. The van der Waals surface area contributed by atoms with E-state index in [4.69, 9.17) is 5.73 Å². The number of carbonyl (C=O) groups excluding carboxylic acids is 1. The quantitative estimate of drug-likeness (QED) is 0.316. The molecule has 0 aliphatic heterocycles. The van der Waals surface area contributed by atoms with Crippen molar-refractivity contribution >= 4 is 39.5 Å². The number of aromatic nitrogens is 5. The Hall–Kier alpha value is -5.03. The fourth-order valence-corrected chi connectivity index (χ4v) is 5.35. The Labute approximate surface area is 219 Å². The highest BCUT2D eigenvalue weighted by molar-refractivity contribution is 7.12. The van der Waals surface area contributed by atoms with E-state index in [0.29, 0.717) is 38.2 Å². The summed E-state index contributed by atoms with van der Waals surface area (Å²) < 4.78 is 3.03. The molecule has 10 nitrogen and oxygen atoms in total. The minimum absolute atomic E-state index is 0.0579. The Bertz CT molecular complexity index is 1950. The number of nitrogen functional groups attached to an aromatic ring is 1. The molecule has 0 saturated carbocycles. The van der Waals surface area contributed by atoms with E-state index < -0.39 is 11.9 Å². The van der Waals surface area contributed by atoms with Crippen molar-refractivity contribution in [3.63, 3.8) is 0 Å². The zero-order valence-electron chi connectivity index (χ0n) is 20.1. The molecule has 0 unspecified atom stereocenters. The summed E-state index contributed by atoms with van der Waals surface area (Å²) >= 11 is 1.04. The highest BCUT2D eigenvalue weighted by Crippen LogP contribution is 2.30. The molecule has 0 radical (unpaired) electrons. The number of pyridine rings is 1. The van der Waals surface area contributed by atoms with Gasteiger partial charge in [-0.25, -0.2) is 9.50 Å². The SMILES string of the molecule is C[C@H](NC(=O)c1c(N)nn2cccnc12)c1cc2cccc(-c3c[nH]c(=O)s3)c2c(=O)n1-c1ccccc1. The van der Waals surface area contributed by atoms with E-state index in [2.05, 4.69) is 20.4 Å². The van der Waals surface area contributed by atoms with Crippen LogP contribution < -0.4 is 21.5 Å². The molecule has 0 fully saturated rings. The number of rotatable bonds is 5. The van der Waals surface area contributed by atoms with Crippen LogP contribution in [0.5, 0.6) is 0 Å². The van der Waals surface area contributed by atoms with Crippen LogP contribution in [0.2, 0.25) is 0 Å². The van der Waals surface area contributed by atoms with E-state index >= 15 is 0 Å². The molecule has 2 aromatic carbocycles. The first-order valence-corrected chi connectivity index (χ1v) is 12.6. The highest BCUT2D eigenvalue weighted by Gasteiger charge is 2.24. The van der Waals surface area contributed by atoms with Gasteiger partial charge in [0.25, 0.3) is 11.5 Å². The van der Waals surface area contributed by atoms with Crippen LogP contribution in [0, 0.1) is 0 Å². The van der Waals surface area contributed by atoms with Gasteiger partial charge in [0.05, 0.1) is 16.3 Å². The maximum atomic E-state index is 14.1. The zero-order chi connectivity index (χ0) is 26.4. The number of fused-ring (bicyclic) bond motifs is 2. The van der Waals surface area contributed by atoms with E-state index in [9.17, 15) is 14.4 Å². The third kappa shape index (κ3) is 3.85. The van der Waals surface area contributed by atoms with Crippen LogP contribution >= 0.6 is 11.3 Å². The maximum Gasteiger partial charge on any atom is 0.305 e. The van der Waals surface area contributed by atoms with Crippen LogP contribution in [-0.4, -0.2) is 30.1 Å². The van der Waals surface area contributed by atoms with Gasteiger partial charge in [-0.1, -0.05) is 47.7 Å². The molecule has 4 N–H and O–H groups in total. The summed E-state index contributed by atoms with van der Waals surface area (Å²) in [6.07, 6.45) is 4.83. The summed E-state index contributed by atoms with van der Waals surface area (Å²) in [7, 11) is 0. The molecule has 1 amide bonds. The van der Waals surface area contributed by atoms with Crippen molar-refractivity contribution in [1.29, 1.82) is 0 Å². The first-order chi connectivity index (χ1) is 18.4. The summed E-state index contributed by atoms with van der Waals surface area (Å²) in [5.41, 5.74) is 8.16. The van der Waals surface area contributed by atoms with Crippen molar-refractivity contribution in [3.8, 4) is 16.1 Å². The normalized spacial score (nSPS) is 12.1. The number of hydrogen-bond donors (Lipinski definition) is 3. The standard InChI is InChI=1S/C27H21N7O3S/c1-15(31-25(35)22-23(28)32-33-12-6-11-29-24(22)33)19-13-16-7-5-10-18(20-14-30-27(37)38-20)21(16)26(36)34(19)17-8-3-2-4-9-17/h2-15H,1H3,(H2,28,32)(H,30,37)(H,31,35)/t15-/m0/s1. The number of thiazole rings is 1. The predicted octanol–water partition coefficient (Wildman–Crippen LogP) is 3.52. The van der Waals surface area contributed by atoms with Gasteiger partial charge in [0.1, 0.15) is 5.56 Å². The van der Waals surface area contributed by atoms with E-state index in [0.717, 1.165) is 11.3 Å². The molecule has 6 rings (SSSR count). The number of nitrogens with one attached hydrogen (secondary N) is 2. The third-order valence-corrected chi connectivity index (χ3v) is 7.18. The largest absolute Gasteiger partial charge is 0.381 e. The molecular weight excluding hydrogens is 502 g/mol. The molecule has 0 aliphatic rings. The van der Waals surface area contributed by atoms with E-state index in [1.165, 1.54) is 4.52 Å². The number of nitrogens with zero attached hydrogens (tertiary/aromatic N) is 4. The third-order valence-electron chi connectivity index (χ3n) is 6.32. The maximum absolute atomic E-state index is 14.1. The van der Waals surface area contributed by atoms with E-state index in [1.807, 2.05) is 54.6 Å². The molecule has 4 heterocycles. The lowest BCUT2D eigenvalue weighted by atomic mass is 10.0. The predicted molar refractivity (Wildman–Crippen MR) is 147 cm³/mol. The average molecular weight is 524 g/mol. The molecule has 38 heavy (non-hydrogen) atoms. The summed E-state index contributed by atoms with van der Waals surface area (Å²) in [5.74, 6) is -0.399. The first-order valence-electron chi connectivity index (χ1n) is 11.7. The lowest BCUT2D eigenvalue weighted by Crippen LogP contribution is -2.32. The smallest absolute Gasteiger partial charge is 0.305 e. The molecule has 0 saturated heterocycles. The van der Waals surface area contributed by atoms with Gasteiger partial charge in [0.2, 0.25) is 0 Å². The number of amides is 1. The fourth-order valence-electron chi connectivity index (χ4n) is 4.63. The van der Waals surface area contributed by atoms with Crippen LogP contribution in [-0.2, 0) is 0 Å². The topological polar surface area (TPSA) is 140 Å². The summed E-state index contributed by atoms with van der Waals surface area (Å²) in [4.78, 5) is 46.7. The van der Waals surface area contributed by atoms with Crippen molar-refractivity contribution < 1.29 is 4.79 Å². The molecule has 0 spiro atoms. The Balaban J connectivity index is 1.52. The van der Waals surface area contributed by atoms with Crippen molar-refractivity contribution in [3.05, 3.63) is 111 Å². The Kier molecular flexibility index (Phi) is 5.61. The van der Waals surface area contributed by atoms with E-state index in [1.54, 1.807) is 36.1 Å². The molecule has 188 valence electrons. The van der Waals surface area contributed by atoms with Crippen LogP contribution in [0.25, 0.3) is 32.5 Å². The number of hydrogen-bond acceptors (Lipinski definition) is 7. The second kappa shape index (κ2) is 9.12. The van der Waals surface area contributed by atoms with Gasteiger partial charge in [-0.2, -0.15) is 0 Å². The summed E-state index contributed by atoms with van der Waals surface area (Å²) in [5, 5.41) is 8.30. The molecule has 0 bridgehead atoms. The number of carbonyl (C=O) groups is 1. The second-order valence-electron chi connectivity index (χ2n) is 8.70. The van der Waals surface area contributed by atoms with E-state index in [-0.39, 0.29) is 21.8 Å². The van der Waals surface area contributed by atoms with Gasteiger partial charge in [-0.15, -0.1) is 5.10 Å². The van der Waals surface area contributed by atoms with Crippen LogP contribution in [0.4, 0.5) is 5.82 Å². The summed E-state index contributed by atoms with van der Waals surface area (Å²) in [6.45, 7) is 1.80. The zero-order valence-corrected chi connectivity index (χ0v) is 20.9. The van der Waals surface area contributed by atoms with Crippen molar-refractivity contribution in [2.75, 3.05) is 5.73 Å².